The van der Waals surface area contributed by atoms with Gasteiger partial charge in [0.25, 0.3) is 0 Å². The number of aliphatic hydroxyl groups is 3. The Hall–Kier alpha value is -1.26. The highest BCUT2D eigenvalue weighted by Gasteiger charge is 2.45. The molecule has 1 rings (SSSR count). The molecule has 1 fully saturated rings. The second-order valence-corrected chi connectivity index (χ2v) is 6.75. The fourth-order valence-electron chi connectivity index (χ4n) is 2.99. The first-order valence-electron chi connectivity index (χ1n) is 9.48. The molecule has 1 amide bonds. The summed E-state index contributed by atoms with van der Waals surface area (Å²) in [5, 5.41) is 31.9. The van der Waals surface area contributed by atoms with Crippen molar-refractivity contribution in [1.29, 1.82) is 0 Å². The van der Waals surface area contributed by atoms with Crippen LogP contribution in [0.15, 0.2) is 0 Å². The number of unbranched alkanes of at least 4 members (excludes halogenated alkanes) is 5. The van der Waals surface area contributed by atoms with Crippen LogP contribution in [0.4, 0.5) is 0 Å². The smallest absolute Gasteiger partial charge is 0.305 e. The van der Waals surface area contributed by atoms with Crippen molar-refractivity contribution in [2.75, 3.05) is 20.3 Å². The summed E-state index contributed by atoms with van der Waals surface area (Å²) in [6.07, 6.45) is 1.45. The quantitative estimate of drug-likeness (QED) is 0.267. The van der Waals surface area contributed by atoms with E-state index in [0.29, 0.717) is 13.0 Å². The highest BCUT2D eigenvalue weighted by atomic mass is 16.7. The number of esters is 1. The first kappa shape index (κ1) is 23.8. The van der Waals surface area contributed by atoms with Gasteiger partial charge >= 0.3 is 5.97 Å². The monoisotopic (exact) mass is 391 g/mol. The minimum absolute atomic E-state index is 0.182. The minimum atomic E-state index is -1.31. The highest BCUT2D eigenvalue weighted by Crippen LogP contribution is 2.22. The average Bonchev–Trinajstić information content (AvgIpc) is 2.65. The Morgan fingerprint density at radius 1 is 1.04 bits per heavy atom. The standard InChI is InChI=1S/C18H33NO8/c1-12(21)19-15-17(24)16(23)13(11-20)27-18(15)26-10-8-6-4-3-5-7-9-14(22)25-2/h13,15-18,20,23-24H,3-11H2,1-2H3,(H,19,21)/t13-,15+,16-,17-,18-/m1/s1. The van der Waals surface area contributed by atoms with Gasteiger partial charge in [-0.05, 0) is 12.8 Å². The molecule has 27 heavy (non-hydrogen) atoms. The second-order valence-electron chi connectivity index (χ2n) is 6.75. The Morgan fingerprint density at radius 3 is 2.26 bits per heavy atom. The van der Waals surface area contributed by atoms with Crippen LogP contribution in [-0.4, -0.2) is 78.2 Å². The van der Waals surface area contributed by atoms with Crippen molar-refractivity contribution >= 4 is 11.9 Å². The first-order valence-corrected chi connectivity index (χ1v) is 9.48. The summed E-state index contributed by atoms with van der Waals surface area (Å²) >= 11 is 0. The van der Waals surface area contributed by atoms with Crippen molar-refractivity contribution in [3.05, 3.63) is 0 Å². The van der Waals surface area contributed by atoms with Crippen LogP contribution in [0.25, 0.3) is 0 Å². The highest BCUT2D eigenvalue weighted by molar-refractivity contribution is 5.73. The van der Waals surface area contributed by atoms with Crippen molar-refractivity contribution in [2.24, 2.45) is 0 Å². The van der Waals surface area contributed by atoms with E-state index in [1.54, 1.807) is 0 Å². The number of rotatable bonds is 12. The first-order chi connectivity index (χ1) is 12.9. The summed E-state index contributed by atoms with van der Waals surface area (Å²) in [5.41, 5.74) is 0. The zero-order chi connectivity index (χ0) is 20.2. The Morgan fingerprint density at radius 2 is 1.67 bits per heavy atom. The largest absolute Gasteiger partial charge is 0.469 e. The third kappa shape index (κ3) is 8.52. The second kappa shape index (κ2) is 13.0. The third-order valence-electron chi connectivity index (χ3n) is 4.54. The van der Waals surface area contributed by atoms with Crippen LogP contribution in [0.1, 0.15) is 51.9 Å². The van der Waals surface area contributed by atoms with E-state index in [2.05, 4.69) is 10.1 Å². The van der Waals surface area contributed by atoms with E-state index < -0.39 is 37.3 Å². The van der Waals surface area contributed by atoms with Crippen molar-refractivity contribution in [1.82, 2.24) is 5.32 Å². The number of hydrogen-bond acceptors (Lipinski definition) is 8. The maximum atomic E-state index is 11.3. The van der Waals surface area contributed by atoms with Crippen LogP contribution >= 0.6 is 0 Å². The molecule has 0 radical (unpaired) electrons. The predicted octanol–water partition coefficient (Wildman–Crippen LogP) is -0.150. The number of carbonyl (C=O) groups excluding carboxylic acids is 2. The zero-order valence-corrected chi connectivity index (χ0v) is 16.1. The molecule has 1 saturated heterocycles. The van der Waals surface area contributed by atoms with Gasteiger partial charge in [-0.25, -0.2) is 0 Å². The van der Waals surface area contributed by atoms with Gasteiger partial charge < -0.3 is 34.8 Å². The lowest BCUT2D eigenvalue weighted by molar-refractivity contribution is -0.270. The molecule has 4 N–H and O–H groups in total. The number of methoxy groups -OCH3 is 1. The summed E-state index contributed by atoms with van der Waals surface area (Å²) in [6.45, 7) is 1.20. The molecule has 1 aliphatic heterocycles. The predicted molar refractivity (Wildman–Crippen MR) is 95.7 cm³/mol. The maximum Gasteiger partial charge on any atom is 0.305 e. The summed E-state index contributed by atoms with van der Waals surface area (Å²) in [7, 11) is 1.39. The topological polar surface area (TPSA) is 135 Å². The molecule has 0 aliphatic carbocycles. The molecule has 0 spiro atoms. The van der Waals surface area contributed by atoms with E-state index >= 15 is 0 Å². The number of carbonyl (C=O) groups is 2. The Bertz CT molecular complexity index is 447. The fraction of sp³-hybridized carbons (Fsp3) is 0.889. The third-order valence-corrected chi connectivity index (χ3v) is 4.54. The summed E-state index contributed by atoms with van der Waals surface area (Å²) < 4.78 is 15.7. The summed E-state index contributed by atoms with van der Waals surface area (Å²) in [4.78, 5) is 22.3. The van der Waals surface area contributed by atoms with Crippen LogP contribution in [0.2, 0.25) is 0 Å². The van der Waals surface area contributed by atoms with E-state index in [9.17, 15) is 24.9 Å². The van der Waals surface area contributed by atoms with Gasteiger partial charge in [-0.3, -0.25) is 9.59 Å². The van der Waals surface area contributed by atoms with Gasteiger partial charge in [0.15, 0.2) is 6.29 Å². The molecule has 5 atom stereocenters. The van der Waals surface area contributed by atoms with Gasteiger partial charge in [-0.15, -0.1) is 0 Å². The van der Waals surface area contributed by atoms with Crippen molar-refractivity contribution in [2.45, 2.75) is 82.5 Å². The molecule has 0 unspecified atom stereocenters. The molecular weight excluding hydrogens is 358 g/mol. The van der Waals surface area contributed by atoms with Crippen LogP contribution in [0.5, 0.6) is 0 Å². The van der Waals surface area contributed by atoms with Crippen molar-refractivity contribution < 1.29 is 39.1 Å². The van der Waals surface area contributed by atoms with Crippen LogP contribution in [0.3, 0.4) is 0 Å². The SMILES string of the molecule is COC(=O)CCCCCCCCO[C@@H]1O[C@H](CO)[C@@H](O)[C@H](O)[C@@H]1NC(C)=O. The maximum absolute atomic E-state index is 11.3. The Labute approximate surface area is 160 Å². The molecule has 0 aromatic heterocycles. The fourth-order valence-corrected chi connectivity index (χ4v) is 2.99. The number of nitrogens with one attached hydrogen (secondary N) is 1. The lowest BCUT2D eigenvalue weighted by Crippen LogP contribution is -2.64. The van der Waals surface area contributed by atoms with E-state index in [4.69, 9.17) is 9.47 Å². The molecule has 0 saturated carbocycles. The summed E-state index contributed by atoms with van der Waals surface area (Å²) in [5.74, 6) is -0.559. The van der Waals surface area contributed by atoms with E-state index in [1.165, 1.54) is 14.0 Å². The molecule has 1 aliphatic rings. The molecule has 9 nitrogen and oxygen atoms in total. The Kier molecular flexibility index (Phi) is 11.5. The van der Waals surface area contributed by atoms with Gasteiger partial charge in [-0.2, -0.15) is 0 Å². The van der Waals surface area contributed by atoms with Crippen molar-refractivity contribution in [3.8, 4) is 0 Å². The van der Waals surface area contributed by atoms with Crippen molar-refractivity contribution in [3.63, 3.8) is 0 Å². The average molecular weight is 391 g/mol. The van der Waals surface area contributed by atoms with Crippen LogP contribution < -0.4 is 5.32 Å². The molecule has 0 bridgehead atoms. The molecule has 0 aromatic rings. The van der Waals surface area contributed by atoms with Gasteiger partial charge in [0.2, 0.25) is 5.91 Å². The molecule has 158 valence electrons. The Balaban J connectivity index is 2.27. The van der Waals surface area contributed by atoms with E-state index in [-0.39, 0.29) is 11.9 Å². The van der Waals surface area contributed by atoms with E-state index in [0.717, 1.165) is 38.5 Å². The summed E-state index contributed by atoms with van der Waals surface area (Å²) in [6, 6.07) is -0.904. The van der Waals surface area contributed by atoms with Gasteiger partial charge in [-0.1, -0.05) is 25.7 Å². The molecule has 0 aromatic carbocycles. The van der Waals surface area contributed by atoms with Gasteiger partial charge in [0.05, 0.1) is 13.7 Å². The lowest BCUT2D eigenvalue weighted by atomic mass is 9.97. The lowest BCUT2D eigenvalue weighted by Gasteiger charge is -2.42. The number of hydrogen-bond donors (Lipinski definition) is 4. The van der Waals surface area contributed by atoms with Gasteiger partial charge in [0, 0.05) is 20.0 Å². The van der Waals surface area contributed by atoms with Gasteiger partial charge in [0.1, 0.15) is 24.4 Å². The number of ether oxygens (including phenoxy) is 3. The zero-order valence-electron chi connectivity index (χ0n) is 16.1. The molecule has 1 heterocycles. The minimum Gasteiger partial charge on any atom is -0.469 e. The normalized spacial score (nSPS) is 28.0. The molecule has 9 heteroatoms. The number of amides is 1. The molecular formula is C18H33NO8. The van der Waals surface area contributed by atoms with E-state index in [1.807, 2.05) is 0 Å². The number of aliphatic hydroxyl groups excluding tert-OH is 3. The van der Waals surface area contributed by atoms with Crippen LogP contribution in [-0.2, 0) is 23.8 Å². The van der Waals surface area contributed by atoms with Crippen LogP contribution in [0, 0.1) is 0 Å².